The Balaban J connectivity index is 2.08. The largest absolute Gasteiger partial charge is 0.330 e. The molecule has 2 N–H and O–H groups in total. The van der Waals surface area contributed by atoms with E-state index in [4.69, 9.17) is 5.73 Å². The van der Waals surface area contributed by atoms with E-state index in [1.54, 1.807) is 12.1 Å². The molecule has 1 saturated heterocycles. The molecule has 1 heterocycles. The fourth-order valence-corrected chi connectivity index (χ4v) is 3.04. The summed E-state index contributed by atoms with van der Waals surface area (Å²) in [6.07, 6.45) is 4.76. The lowest BCUT2D eigenvalue weighted by Crippen LogP contribution is -2.40. The molecule has 0 aliphatic carbocycles. The molecule has 2 rings (SSSR count). The fraction of sp³-hybridized carbons (Fsp3) is 0.571. The molecule has 18 heavy (non-hydrogen) atoms. The number of nitrogens with zero attached hydrogens (tertiary/aromatic N) is 1. The molecule has 0 aromatic heterocycles. The average Bonchev–Trinajstić information content (AvgIpc) is 2.36. The summed E-state index contributed by atoms with van der Waals surface area (Å²) >= 11 is 3.50. The number of nitrogens with two attached hydrogens (primary N) is 1. The third-order valence-corrected chi connectivity index (χ3v) is 4.40. The Morgan fingerprint density at radius 1 is 1.39 bits per heavy atom. The summed E-state index contributed by atoms with van der Waals surface area (Å²) in [7, 11) is 0. The Bertz CT molecular complexity index is 395. The van der Waals surface area contributed by atoms with Gasteiger partial charge in [-0.3, -0.25) is 4.90 Å². The zero-order valence-electron chi connectivity index (χ0n) is 10.5. The lowest BCUT2D eigenvalue weighted by molar-refractivity contribution is 0.133. The number of likely N-dealkylation sites (tertiary alicyclic amines) is 1. The zero-order valence-corrected chi connectivity index (χ0v) is 12.1. The number of piperidine rings is 1. The molecule has 1 unspecified atom stereocenters. The Morgan fingerprint density at radius 2 is 2.22 bits per heavy atom. The van der Waals surface area contributed by atoms with Crippen LogP contribution in [0.3, 0.4) is 0 Å². The molecular formula is C14H20BrFN2. The van der Waals surface area contributed by atoms with Crippen LogP contribution < -0.4 is 5.73 Å². The summed E-state index contributed by atoms with van der Waals surface area (Å²) in [6, 6.07) is 5.45. The van der Waals surface area contributed by atoms with E-state index in [9.17, 15) is 4.39 Å². The molecule has 1 aromatic carbocycles. The van der Waals surface area contributed by atoms with Crippen LogP contribution in [-0.2, 0) is 6.54 Å². The van der Waals surface area contributed by atoms with Gasteiger partial charge in [-0.15, -0.1) is 0 Å². The minimum Gasteiger partial charge on any atom is -0.330 e. The molecule has 1 aliphatic rings. The molecule has 100 valence electrons. The predicted octanol–water partition coefficient (Wildman–Crippen LogP) is 3.29. The monoisotopic (exact) mass is 314 g/mol. The standard InChI is InChI=1S/C14H20BrFN2/c15-14-5-4-12(16)9-11(14)10-18-8-2-1-3-13(18)6-7-17/h4-5,9,13H,1-3,6-8,10,17H2. The van der Waals surface area contributed by atoms with Crippen molar-refractivity contribution in [2.45, 2.75) is 38.3 Å². The van der Waals surface area contributed by atoms with Gasteiger partial charge in [-0.05, 0) is 56.1 Å². The lowest BCUT2D eigenvalue weighted by Gasteiger charge is -2.35. The number of hydrogen-bond donors (Lipinski definition) is 1. The van der Waals surface area contributed by atoms with Crippen LogP contribution in [-0.4, -0.2) is 24.0 Å². The molecule has 0 saturated carbocycles. The predicted molar refractivity (Wildman–Crippen MR) is 75.8 cm³/mol. The van der Waals surface area contributed by atoms with Crippen LogP contribution in [0.2, 0.25) is 0 Å². The lowest BCUT2D eigenvalue weighted by atomic mass is 9.98. The summed E-state index contributed by atoms with van der Waals surface area (Å²) in [6.45, 7) is 2.63. The zero-order chi connectivity index (χ0) is 13.0. The van der Waals surface area contributed by atoms with Crippen LogP contribution in [0.25, 0.3) is 0 Å². The highest BCUT2D eigenvalue weighted by molar-refractivity contribution is 9.10. The Labute approximate surface area is 116 Å². The molecule has 0 bridgehead atoms. The number of hydrogen-bond acceptors (Lipinski definition) is 2. The minimum atomic E-state index is -0.166. The SMILES string of the molecule is NCCC1CCCCN1Cc1cc(F)ccc1Br. The molecule has 0 amide bonds. The number of halogens is 2. The summed E-state index contributed by atoms with van der Waals surface area (Å²) in [5.74, 6) is -0.166. The van der Waals surface area contributed by atoms with E-state index in [1.165, 1.54) is 25.3 Å². The van der Waals surface area contributed by atoms with Gasteiger partial charge >= 0.3 is 0 Å². The maximum atomic E-state index is 13.3. The van der Waals surface area contributed by atoms with Crippen LogP contribution >= 0.6 is 15.9 Å². The van der Waals surface area contributed by atoms with Crippen molar-refractivity contribution in [3.63, 3.8) is 0 Å². The van der Waals surface area contributed by atoms with Gasteiger partial charge in [0, 0.05) is 17.1 Å². The minimum absolute atomic E-state index is 0.166. The Hall–Kier alpha value is -0.450. The molecule has 0 spiro atoms. The fourth-order valence-electron chi connectivity index (χ4n) is 2.67. The first-order valence-corrected chi connectivity index (χ1v) is 7.38. The average molecular weight is 315 g/mol. The van der Waals surface area contributed by atoms with Crippen molar-refractivity contribution in [1.82, 2.24) is 4.90 Å². The highest BCUT2D eigenvalue weighted by Gasteiger charge is 2.22. The second-order valence-corrected chi connectivity index (χ2v) is 5.79. The van der Waals surface area contributed by atoms with Gasteiger partial charge in [0.15, 0.2) is 0 Å². The number of rotatable bonds is 4. The van der Waals surface area contributed by atoms with Crippen molar-refractivity contribution in [1.29, 1.82) is 0 Å². The molecule has 1 aromatic rings. The van der Waals surface area contributed by atoms with Gasteiger partial charge in [-0.1, -0.05) is 22.4 Å². The first-order chi connectivity index (χ1) is 8.70. The summed E-state index contributed by atoms with van der Waals surface area (Å²) in [4.78, 5) is 2.44. The van der Waals surface area contributed by atoms with Crippen LogP contribution in [0.4, 0.5) is 4.39 Å². The normalized spacial score (nSPS) is 21.2. The van der Waals surface area contributed by atoms with Crippen molar-refractivity contribution >= 4 is 15.9 Å². The second kappa shape index (κ2) is 6.64. The summed E-state index contributed by atoms with van der Waals surface area (Å²) < 4.78 is 14.3. The van der Waals surface area contributed by atoms with Gasteiger partial charge in [0.1, 0.15) is 5.82 Å². The smallest absolute Gasteiger partial charge is 0.123 e. The topological polar surface area (TPSA) is 29.3 Å². The maximum Gasteiger partial charge on any atom is 0.123 e. The third-order valence-electron chi connectivity index (χ3n) is 3.63. The third kappa shape index (κ3) is 3.53. The highest BCUT2D eigenvalue weighted by Crippen LogP contribution is 2.25. The van der Waals surface area contributed by atoms with Crippen LogP contribution in [0.1, 0.15) is 31.2 Å². The molecule has 4 heteroatoms. The van der Waals surface area contributed by atoms with E-state index in [1.807, 2.05) is 0 Å². The van der Waals surface area contributed by atoms with Crippen LogP contribution in [0.5, 0.6) is 0 Å². The van der Waals surface area contributed by atoms with Gasteiger partial charge in [-0.25, -0.2) is 4.39 Å². The number of benzene rings is 1. The van der Waals surface area contributed by atoms with Crippen molar-refractivity contribution in [2.75, 3.05) is 13.1 Å². The van der Waals surface area contributed by atoms with Gasteiger partial charge < -0.3 is 5.73 Å². The molecule has 1 atom stereocenters. The quantitative estimate of drug-likeness (QED) is 0.924. The van der Waals surface area contributed by atoms with Crippen LogP contribution in [0, 0.1) is 5.82 Å². The molecule has 1 aliphatic heterocycles. The van der Waals surface area contributed by atoms with E-state index in [0.29, 0.717) is 6.04 Å². The first-order valence-electron chi connectivity index (χ1n) is 6.58. The van der Waals surface area contributed by atoms with Crippen molar-refractivity contribution in [3.05, 3.63) is 34.1 Å². The van der Waals surface area contributed by atoms with Crippen molar-refractivity contribution in [2.24, 2.45) is 5.73 Å². The van der Waals surface area contributed by atoms with Gasteiger partial charge in [0.25, 0.3) is 0 Å². The van der Waals surface area contributed by atoms with Gasteiger partial charge in [0.2, 0.25) is 0 Å². The molecule has 1 fully saturated rings. The van der Waals surface area contributed by atoms with E-state index in [0.717, 1.165) is 36.1 Å². The maximum absolute atomic E-state index is 13.3. The van der Waals surface area contributed by atoms with Gasteiger partial charge in [-0.2, -0.15) is 0 Å². The van der Waals surface area contributed by atoms with E-state index < -0.39 is 0 Å². The van der Waals surface area contributed by atoms with E-state index in [2.05, 4.69) is 20.8 Å². The highest BCUT2D eigenvalue weighted by atomic mass is 79.9. The first kappa shape index (κ1) is 14.0. The summed E-state index contributed by atoms with van der Waals surface area (Å²) in [5.41, 5.74) is 6.70. The Morgan fingerprint density at radius 3 is 3.00 bits per heavy atom. The van der Waals surface area contributed by atoms with Gasteiger partial charge in [0.05, 0.1) is 0 Å². The molecule has 0 radical (unpaired) electrons. The Kier molecular flexibility index (Phi) is 5.15. The molecule has 2 nitrogen and oxygen atoms in total. The molecular weight excluding hydrogens is 295 g/mol. The van der Waals surface area contributed by atoms with Crippen LogP contribution in [0.15, 0.2) is 22.7 Å². The second-order valence-electron chi connectivity index (χ2n) is 4.93. The van der Waals surface area contributed by atoms with E-state index >= 15 is 0 Å². The van der Waals surface area contributed by atoms with Crippen molar-refractivity contribution in [3.8, 4) is 0 Å². The van der Waals surface area contributed by atoms with Crippen molar-refractivity contribution < 1.29 is 4.39 Å². The van der Waals surface area contributed by atoms with E-state index in [-0.39, 0.29) is 5.82 Å². The summed E-state index contributed by atoms with van der Waals surface area (Å²) in [5, 5.41) is 0.